The first-order valence-electron chi connectivity index (χ1n) is 13.3. The predicted octanol–water partition coefficient (Wildman–Crippen LogP) is 4.55. The van der Waals surface area contributed by atoms with Gasteiger partial charge in [0.2, 0.25) is 0 Å². The van der Waals surface area contributed by atoms with Crippen LogP contribution in [0.15, 0.2) is 52.8 Å². The van der Waals surface area contributed by atoms with Crippen molar-refractivity contribution in [3.8, 4) is 22.9 Å². The van der Waals surface area contributed by atoms with E-state index in [0.29, 0.717) is 59.9 Å². The third-order valence-electron chi connectivity index (χ3n) is 6.93. The lowest BCUT2D eigenvalue weighted by Crippen LogP contribution is -2.35. The van der Waals surface area contributed by atoms with Crippen molar-refractivity contribution in [3.63, 3.8) is 0 Å². The number of hydrogen-bond acceptors (Lipinski definition) is 7. The second-order valence-corrected chi connectivity index (χ2v) is 9.55. The zero-order chi connectivity index (χ0) is 27.5. The lowest BCUT2D eigenvalue weighted by Gasteiger charge is -2.30. The van der Waals surface area contributed by atoms with Crippen LogP contribution in [0.4, 0.5) is 5.69 Å². The minimum Gasteiger partial charge on any atom is -0.496 e. The minimum atomic E-state index is -0.245. The molecule has 0 radical (unpaired) electrons. The Morgan fingerprint density at radius 1 is 1.10 bits per heavy atom. The van der Waals surface area contributed by atoms with Crippen LogP contribution in [0.2, 0.25) is 0 Å². The van der Waals surface area contributed by atoms with Gasteiger partial charge < -0.3 is 19.4 Å². The molecule has 1 N–H and O–H groups in total. The number of aromatic nitrogens is 4. The fourth-order valence-corrected chi connectivity index (χ4v) is 5.05. The molecule has 2 aromatic carbocycles. The Hall–Kier alpha value is -4.40. The van der Waals surface area contributed by atoms with Crippen molar-refractivity contribution in [2.75, 3.05) is 31.7 Å². The molecule has 0 atom stereocenters. The number of ether oxygens (including phenoxy) is 2. The summed E-state index contributed by atoms with van der Waals surface area (Å²) in [4.78, 5) is 35.9. The summed E-state index contributed by atoms with van der Waals surface area (Å²) < 4.78 is 13.0. The van der Waals surface area contributed by atoms with Crippen molar-refractivity contribution >= 4 is 28.6 Å². The van der Waals surface area contributed by atoms with Crippen molar-refractivity contribution in [1.29, 1.82) is 0 Å². The van der Waals surface area contributed by atoms with E-state index in [1.165, 1.54) is 0 Å². The number of Topliss-reactive ketones (excluding diaryl/α,β-unsaturated/α-hetero) is 1. The molecule has 0 spiro atoms. The zero-order valence-electron chi connectivity index (χ0n) is 22.8. The molecule has 3 heterocycles. The van der Waals surface area contributed by atoms with E-state index in [-0.39, 0.29) is 11.3 Å². The number of carbonyl (C=O) groups excluding carboxylic acids is 1. The van der Waals surface area contributed by atoms with Gasteiger partial charge in [0, 0.05) is 43.4 Å². The number of aryl methyl sites for hydroxylation is 2. The van der Waals surface area contributed by atoms with Crippen LogP contribution in [-0.4, -0.2) is 52.3 Å². The van der Waals surface area contributed by atoms with E-state index in [9.17, 15) is 9.59 Å². The van der Waals surface area contributed by atoms with Gasteiger partial charge in [0.15, 0.2) is 11.3 Å². The first-order valence-corrected chi connectivity index (χ1v) is 13.3. The molecule has 5 rings (SSSR count). The molecule has 0 unspecified atom stereocenters. The third kappa shape index (κ3) is 5.16. The molecule has 0 saturated carbocycles. The van der Waals surface area contributed by atoms with Gasteiger partial charge >= 0.3 is 0 Å². The number of para-hydroxylation sites is 1. The van der Waals surface area contributed by atoms with Crippen LogP contribution in [-0.2, 0) is 18.3 Å². The largest absolute Gasteiger partial charge is 0.496 e. The summed E-state index contributed by atoms with van der Waals surface area (Å²) in [5.74, 6) is 1.91. The highest BCUT2D eigenvalue weighted by molar-refractivity contribution is 6.02. The Labute approximate surface area is 227 Å². The third-order valence-corrected chi connectivity index (χ3v) is 6.93. The molecule has 202 valence electrons. The molecule has 39 heavy (non-hydrogen) atoms. The Morgan fingerprint density at radius 3 is 2.69 bits per heavy atom. The summed E-state index contributed by atoms with van der Waals surface area (Å²) in [6, 6.07) is 13.5. The Bertz CT molecular complexity index is 1620. The Balaban J connectivity index is 1.56. The van der Waals surface area contributed by atoms with E-state index in [0.717, 1.165) is 35.5 Å². The number of methoxy groups -OCH3 is 1. The molecule has 0 bridgehead atoms. The summed E-state index contributed by atoms with van der Waals surface area (Å²) >= 11 is 0. The summed E-state index contributed by atoms with van der Waals surface area (Å²) in [6.45, 7) is 5.50. The first kappa shape index (κ1) is 26.2. The summed E-state index contributed by atoms with van der Waals surface area (Å²) in [7, 11) is 3.39. The number of benzene rings is 2. The van der Waals surface area contributed by atoms with Crippen LogP contribution in [0.3, 0.4) is 0 Å². The lowest BCUT2D eigenvalue weighted by atomic mass is 9.99. The van der Waals surface area contributed by atoms with E-state index in [4.69, 9.17) is 14.5 Å². The molecule has 1 aliphatic heterocycles. The number of fused-ring (bicyclic) bond motifs is 1. The predicted molar refractivity (Wildman–Crippen MR) is 153 cm³/mol. The molecule has 9 nitrogen and oxygen atoms in total. The van der Waals surface area contributed by atoms with Crippen LogP contribution in [0, 0.1) is 0 Å². The Kier molecular flexibility index (Phi) is 7.49. The SMILES string of the molecule is CCCc1nn(C)c2c(=O)[nH]c(-c3cc(N4CCC(=O)/C(=C\c5ccccc5OC)C4)ccc3OCC)nc12. The van der Waals surface area contributed by atoms with Gasteiger partial charge in [-0.2, -0.15) is 5.10 Å². The van der Waals surface area contributed by atoms with Gasteiger partial charge in [0.05, 0.1) is 25.0 Å². The van der Waals surface area contributed by atoms with Crippen LogP contribution in [0.25, 0.3) is 28.5 Å². The van der Waals surface area contributed by atoms with E-state index in [2.05, 4.69) is 21.9 Å². The highest BCUT2D eigenvalue weighted by Crippen LogP contribution is 2.34. The average Bonchev–Trinajstić information content (AvgIpc) is 3.26. The highest BCUT2D eigenvalue weighted by Gasteiger charge is 2.24. The molecule has 0 amide bonds. The summed E-state index contributed by atoms with van der Waals surface area (Å²) in [5, 5.41) is 4.53. The van der Waals surface area contributed by atoms with Gasteiger partial charge in [-0.1, -0.05) is 31.5 Å². The second-order valence-electron chi connectivity index (χ2n) is 9.55. The van der Waals surface area contributed by atoms with Crippen molar-refractivity contribution in [1.82, 2.24) is 19.7 Å². The number of hydrogen-bond donors (Lipinski definition) is 1. The monoisotopic (exact) mass is 527 g/mol. The number of aromatic amines is 1. The normalized spacial score (nSPS) is 14.8. The van der Waals surface area contributed by atoms with Gasteiger partial charge in [-0.3, -0.25) is 14.3 Å². The molecule has 4 aromatic rings. The van der Waals surface area contributed by atoms with E-state index >= 15 is 0 Å². The molecule has 1 aliphatic rings. The molecular formula is C30H33N5O4. The van der Waals surface area contributed by atoms with Crippen LogP contribution in [0.5, 0.6) is 11.5 Å². The molecule has 2 aromatic heterocycles. The van der Waals surface area contributed by atoms with E-state index < -0.39 is 0 Å². The van der Waals surface area contributed by atoms with Crippen molar-refractivity contribution in [3.05, 3.63) is 69.6 Å². The smallest absolute Gasteiger partial charge is 0.277 e. The number of ketones is 1. The summed E-state index contributed by atoms with van der Waals surface area (Å²) in [5.41, 5.74) is 4.80. The summed E-state index contributed by atoms with van der Waals surface area (Å²) in [6.07, 6.45) is 3.94. The zero-order valence-corrected chi connectivity index (χ0v) is 22.8. The van der Waals surface area contributed by atoms with Gasteiger partial charge in [0.25, 0.3) is 5.56 Å². The maximum absolute atomic E-state index is 13.1. The van der Waals surface area contributed by atoms with Gasteiger partial charge in [-0.05, 0) is 43.7 Å². The van der Waals surface area contributed by atoms with E-state index in [1.54, 1.807) is 18.8 Å². The number of anilines is 1. The van der Waals surface area contributed by atoms with Gasteiger partial charge in [0.1, 0.15) is 22.8 Å². The fraction of sp³-hybridized carbons (Fsp3) is 0.333. The van der Waals surface area contributed by atoms with E-state index in [1.807, 2.05) is 55.5 Å². The number of rotatable bonds is 8. The van der Waals surface area contributed by atoms with Crippen molar-refractivity contribution < 1.29 is 14.3 Å². The molecule has 9 heteroatoms. The minimum absolute atomic E-state index is 0.125. The number of piperidine rings is 1. The van der Waals surface area contributed by atoms with Crippen LogP contribution < -0.4 is 19.9 Å². The highest BCUT2D eigenvalue weighted by atomic mass is 16.5. The maximum Gasteiger partial charge on any atom is 0.277 e. The quantitative estimate of drug-likeness (QED) is 0.336. The van der Waals surface area contributed by atoms with Crippen LogP contribution >= 0.6 is 0 Å². The molecular weight excluding hydrogens is 494 g/mol. The van der Waals surface area contributed by atoms with Gasteiger partial charge in [-0.15, -0.1) is 0 Å². The van der Waals surface area contributed by atoms with Gasteiger partial charge in [-0.25, -0.2) is 4.98 Å². The topological polar surface area (TPSA) is 102 Å². The standard InChI is InChI=1S/C30H33N5O4/c1-5-9-23-27-28(34(3)33-23)30(37)32-29(31-27)22-17-21(12-13-26(22)39-6-2)35-15-14-24(36)20(18-35)16-19-10-7-8-11-25(19)38-4/h7-8,10-13,16-17H,5-6,9,14-15,18H2,1-4H3,(H,31,32,37)/b20-16-. The fourth-order valence-electron chi connectivity index (χ4n) is 5.05. The average molecular weight is 528 g/mol. The van der Waals surface area contributed by atoms with Crippen LogP contribution in [0.1, 0.15) is 37.9 Å². The number of nitrogens with zero attached hydrogens (tertiary/aromatic N) is 4. The first-order chi connectivity index (χ1) is 18.9. The Morgan fingerprint density at radius 2 is 1.92 bits per heavy atom. The molecule has 0 aliphatic carbocycles. The second kappa shape index (κ2) is 11.1. The van der Waals surface area contributed by atoms with Crippen molar-refractivity contribution in [2.45, 2.75) is 33.1 Å². The molecule has 1 saturated heterocycles. The molecule has 1 fully saturated rings. The lowest BCUT2D eigenvalue weighted by molar-refractivity contribution is -0.115. The number of carbonyl (C=O) groups is 1. The van der Waals surface area contributed by atoms with Crippen molar-refractivity contribution in [2.24, 2.45) is 7.05 Å². The number of H-pyrrole nitrogens is 1. The maximum atomic E-state index is 13.1. The number of nitrogens with one attached hydrogen (secondary N) is 1.